The molecule has 2 aromatic carbocycles. The summed E-state index contributed by atoms with van der Waals surface area (Å²) in [5.41, 5.74) is 4.43. The second-order valence-electron chi connectivity index (χ2n) is 13.0. The fourth-order valence-electron chi connectivity index (χ4n) is 8.08. The largest absolute Gasteiger partial charge is 0.504 e. The minimum absolute atomic E-state index is 0.0356. The zero-order chi connectivity index (χ0) is 33.9. The molecular weight excluding hydrogens is 608 g/mol. The van der Waals surface area contributed by atoms with Crippen molar-refractivity contribution in [2.45, 2.75) is 96.7 Å². The number of benzene rings is 2. The first-order valence-electron chi connectivity index (χ1n) is 16.2. The summed E-state index contributed by atoms with van der Waals surface area (Å²) < 4.78 is 23.4. The normalized spacial score (nSPS) is 24.8. The Bertz CT molecular complexity index is 1630. The van der Waals surface area contributed by atoms with Crippen molar-refractivity contribution in [2.24, 2.45) is 0 Å². The monoisotopic (exact) mass is 652 g/mol. The maximum atomic E-state index is 13.4. The number of aryl methyl sites for hydroxylation is 1. The second kappa shape index (κ2) is 12.5. The van der Waals surface area contributed by atoms with E-state index < -0.39 is 36.4 Å². The minimum atomic E-state index is -0.980. The molecule has 254 valence electrons. The van der Waals surface area contributed by atoms with Crippen LogP contribution in [0.3, 0.4) is 0 Å². The van der Waals surface area contributed by atoms with E-state index in [1.165, 1.54) is 14.0 Å². The Kier molecular flexibility index (Phi) is 8.75. The van der Waals surface area contributed by atoms with E-state index in [4.69, 9.17) is 18.9 Å². The van der Waals surface area contributed by atoms with Gasteiger partial charge < -0.3 is 39.8 Å². The van der Waals surface area contributed by atoms with Crippen molar-refractivity contribution >= 4 is 17.8 Å². The lowest BCUT2D eigenvalue weighted by Crippen LogP contribution is -2.69. The standard InChI is InChI=1S/C34H44N4O9/c1-8-9-24(40)36-17(4)33(42)35-13-23-26-20(30(47-18(5)39)16(3)31-32(26)46-14-45-31)12-21-27-25-19(10-15(2)29(44-7)28(25)41)11-22(37(27)6)34(43)38(21)23/h10,17,21-23,27,34,41,43H,8-9,11-14H2,1-7H3,(H,35,42)(H,36,40)/t17-,21?,22+,23-,27-,34?/m0/s1. The Morgan fingerprint density at radius 3 is 2.51 bits per heavy atom. The molecule has 0 aromatic heterocycles. The lowest BCUT2D eigenvalue weighted by Gasteiger charge is -2.60. The molecule has 4 aliphatic heterocycles. The van der Waals surface area contributed by atoms with Crippen LogP contribution < -0.4 is 29.6 Å². The number of nitrogens with zero attached hydrogens (tertiary/aromatic N) is 2. The molecule has 4 N–H and O–H groups in total. The number of esters is 1. The van der Waals surface area contributed by atoms with Gasteiger partial charge in [-0.2, -0.15) is 0 Å². The summed E-state index contributed by atoms with van der Waals surface area (Å²) in [6.07, 6.45) is 0.795. The van der Waals surface area contributed by atoms with Gasteiger partial charge in [0.05, 0.1) is 25.2 Å². The highest BCUT2D eigenvalue weighted by molar-refractivity contribution is 5.87. The van der Waals surface area contributed by atoms with Crippen LogP contribution in [0.15, 0.2) is 6.07 Å². The number of aliphatic hydroxyl groups excluding tert-OH is 1. The van der Waals surface area contributed by atoms with Gasteiger partial charge >= 0.3 is 5.97 Å². The van der Waals surface area contributed by atoms with Crippen LogP contribution in [0.4, 0.5) is 0 Å². The molecule has 2 amide bonds. The lowest BCUT2D eigenvalue weighted by molar-refractivity contribution is -0.172. The van der Waals surface area contributed by atoms with Crippen LogP contribution in [-0.4, -0.2) is 89.6 Å². The van der Waals surface area contributed by atoms with Gasteiger partial charge in [-0.1, -0.05) is 13.0 Å². The molecule has 1 fully saturated rings. The number of rotatable bonds is 8. The fourth-order valence-corrected chi connectivity index (χ4v) is 8.08. The second-order valence-corrected chi connectivity index (χ2v) is 13.0. The van der Waals surface area contributed by atoms with Crippen LogP contribution in [0.5, 0.6) is 28.7 Å². The third-order valence-corrected chi connectivity index (χ3v) is 10.1. The van der Waals surface area contributed by atoms with Crippen molar-refractivity contribution in [3.63, 3.8) is 0 Å². The molecule has 47 heavy (non-hydrogen) atoms. The Labute approximate surface area is 274 Å². The van der Waals surface area contributed by atoms with E-state index in [2.05, 4.69) is 15.5 Å². The van der Waals surface area contributed by atoms with E-state index in [1.807, 2.05) is 38.8 Å². The third-order valence-electron chi connectivity index (χ3n) is 10.1. The Balaban J connectivity index is 1.50. The number of aliphatic hydroxyl groups is 1. The number of phenols is 1. The molecule has 0 saturated carbocycles. The molecule has 4 aliphatic rings. The number of methoxy groups -OCH3 is 1. The van der Waals surface area contributed by atoms with Crippen molar-refractivity contribution in [3.8, 4) is 28.7 Å². The summed E-state index contributed by atoms with van der Waals surface area (Å²) in [6, 6.07) is -0.597. The first-order chi connectivity index (χ1) is 22.4. The van der Waals surface area contributed by atoms with Crippen molar-refractivity contribution in [1.29, 1.82) is 0 Å². The number of hydrogen-bond donors (Lipinski definition) is 4. The molecule has 1 saturated heterocycles. The number of phenolic OH excluding ortho intramolecular Hbond substituents is 1. The van der Waals surface area contributed by atoms with Crippen molar-refractivity contribution in [1.82, 2.24) is 20.4 Å². The van der Waals surface area contributed by atoms with E-state index >= 15 is 0 Å². The summed E-state index contributed by atoms with van der Waals surface area (Å²) >= 11 is 0. The predicted molar refractivity (Wildman–Crippen MR) is 170 cm³/mol. The van der Waals surface area contributed by atoms with Crippen LogP contribution in [0.2, 0.25) is 0 Å². The average Bonchev–Trinajstić information content (AvgIpc) is 3.50. The molecule has 4 heterocycles. The highest BCUT2D eigenvalue weighted by atomic mass is 16.7. The zero-order valence-corrected chi connectivity index (χ0v) is 27.9. The maximum absolute atomic E-state index is 13.4. The molecule has 2 bridgehead atoms. The molecule has 2 aromatic rings. The predicted octanol–water partition coefficient (Wildman–Crippen LogP) is 2.29. The molecule has 6 atom stereocenters. The summed E-state index contributed by atoms with van der Waals surface area (Å²) in [5, 5.41) is 29.6. The van der Waals surface area contributed by atoms with Gasteiger partial charge in [0.2, 0.25) is 18.6 Å². The number of hydrogen-bond acceptors (Lipinski definition) is 11. The van der Waals surface area contributed by atoms with Gasteiger partial charge in [0.25, 0.3) is 0 Å². The molecule has 6 rings (SSSR count). The summed E-state index contributed by atoms with van der Waals surface area (Å²) in [6.45, 7) is 8.56. The molecular formula is C34H44N4O9. The summed E-state index contributed by atoms with van der Waals surface area (Å²) in [4.78, 5) is 42.1. The van der Waals surface area contributed by atoms with E-state index in [0.29, 0.717) is 65.4 Å². The minimum Gasteiger partial charge on any atom is -0.504 e. The molecule has 0 radical (unpaired) electrons. The molecule has 13 heteroatoms. The van der Waals surface area contributed by atoms with Crippen LogP contribution in [-0.2, 0) is 27.2 Å². The number of likely N-dealkylation sites (N-methyl/N-ethyl adjacent to an activating group) is 1. The van der Waals surface area contributed by atoms with E-state index in [-0.39, 0.29) is 36.9 Å². The first-order valence-corrected chi connectivity index (χ1v) is 16.2. The van der Waals surface area contributed by atoms with Gasteiger partial charge in [-0.05, 0) is 58.2 Å². The van der Waals surface area contributed by atoms with Crippen LogP contribution >= 0.6 is 0 Å². The summed E-state index contributed by atoms with van der Waals surface area (Å²) in [7, 11) is 3.47. The number of amides is 2. The highest BCUT2D eigenvalue weighted by Gasteiger charge is 2.56. The average molecular weight is 653 g/mol. The zero-order valence-electron chi connectivity index (χ0n) is 27.9. The lowest BCUT2D eigenvalue weighted by atomic mass is 9.73. The molecule has 0 aliphatic carbocycles. The van der Waals surface area contributed by atoms with Gasteiger partial charge in [-0.25, -0.2) is 0 Å². The van der Waals surface area contributed by atoms with Gasteiger partial charge in [0, 0.05) is 48.2 Å². The van der Waals surface area contributed by atoms with E-state index in [1.54, 1.807) is 6.92 Å². The van der Waals surface area contributed by atoms with Gasteiger partial charge in [-0.15, -0.1) is 0 Å². The van der Waals surface area contributed by atoms with Crippen LogP contribution in [0.25, 0.3) is 0 Å². The quantitative estimate of drug-likeness (QED) is 0.245. The van der Waals surface area contributed by atoms with Crippen molar-refractivity contribution < 1.29 is 43.5 Å². The smallest absolute Gasteiger partial charge is 0.308 e. The van der Waals surface area contributed by atoms with Gasteiger partial charge in [-0.3, -0.25) is 24.2 Å². The van der Waals surface area contributed by atoms with Crippen molar-refractivity contribution in [3.05, 3.63) is 39.4 Å². The number of fused-ring (bicyclic) bond motifs is 9. The Hall–Kier alpha value is -4.07. The Morgan fingerprint density at radius 1 is 1.11 bits per heavy atom. The topological polar surface area (TPSA) is 159 Å². The number of nitrogens with one attached hydrogen (secondary N) is 2. The van der Waals surface area contributed by atoms with Crippen LogP contribution in [0, 0.1) is 13.8 Å². The molecule has 0 spiro atoms. The molecule has 2 unspecified atom stereocenters. The summed E-state index contributed by atoms with van der Waals surface area (Å²) in [5.74, 6) is 0.638. The number of piperazine rings is 1. The van der Waals surface area contributed by atoms with E-state index in [0.717, 1.165) is 16.7 Å². The molecule has 13 nitrogen and oxygen atoms in total. The highest BCUT2D eigenvalue weighted by Crippen LogP contribution is 2.58. The number of aromatic hydroxyl groups is 1. The van der Waals surface area contributed by atoms with Crippen molar-refractivity contribution in [2.75, 3.05) is 27.5 Å². The fraction of sp³-hybridized carbons (Fsp3) is 0.559. The van der Waals surface area contributed by atoms with Gasteiger partial charge in [0.1, 0.15) is 18.0 Å². The maximum Gasteiger partial charge on any atom is 0.308 e. The first kappa shape index (κ1) is 32.9. The SMILES string of the molecule is CCCC(=O)N[C@@H](C)C(=O)NC[C@H]1c2c(c(OC(C)=O)c(C)c3c2OCO3)CC2[C@H]3c4c(cc(C)c(OC)c4O)C[C@H](C(O)N21)N3C. The number of carbonyl (C=O) groups is 3. The number of ether oxygens (including phenoxy) is 4. The van der Waals surface area contributed by atoms with Crippen LogP contribution in [0.1, 0.15) is 79.1 Å². The van der Waals surface area contributed by atoms with E-state index in [9.17, 15) is 24.6 Å². The Morgan fingerprint density at radius 2 is 1.83 bits per heavy atom. The van der Waals surface area contributed by atoms with Gasteiger partial charge in [0.15, 0.2) is 23.0 Å². The number of carbonyl (C=O) groups excluding carboxylic acids is 3. The third kappa shape index (κ3) is 5.34.